The van der Waals surface area contributed by atoms with Crippen molar-refractivity contribution < 1.29 is 27.1 Å². The van der Waals surface area contributed by atoms with Crippen molar-refractivity contribution in [2.45, 2.75) is 50.2 Å². The fourth-order valence-electron chi connectivity index (χ4n) is 3.55. The van der Waals surface area contributed by atoms with Crippen molar-refractivity contribution in [2.24, 2.45) is 0 Å². The van der Waals surface area contributed by atoms with Gasteiger partial charge < -0.3 is 10.1 Å². The summed E-state index contributed by atoms with van der Waals surface area (Å²) in [5.41, 5.74) is 1.34. The molecule has 1 N–H and O–H groups in total. The Balaban J connectivity index is 1.50. The minimum atomic E-state index is -3.53. The first-order chi connectivity index (χ1) is 16.3. The summed E-state index contributed by atoms with van der Waals surface area (Å²) < 4.78 is 45.3. The zero-order chi connectivity index (χ0) is 24.6. The van der Waals surface area contributed by atoms with Crippen LogP contribution < -0.4 is 5.32 Å². The van der Waals surface area contributed by atoms with Crippen LogP contribution in [0.2, 0.25) is 0 Å². The highest BCUT2D eigenvalue weighted by Crippen LogP contribution is 2.21. The van der Waals surface area contributed by atoms with E-state index in [1.807, 2.05) is 0 Å². The van der Waals surface area contributed by atoms with Gasteiger partial charge in [-0.2, -0.15) is 4.31 Å². The van der Waals surface area contributed by atoms with E-state index in [2.05, 4.69) is 5.32 Å². The number of amides is 1. The third-order valence-corrected chi connectivity index (χ3v) is 7.45. The van der Waals surface area contributed by atoms with E-state index >= 15 is 0 Å². The number of benzene rings is 2. The van der Waals surface area contributed by atoms with Gasteiger partial charge in [-0.15, -0.1) is 0 Å². The van der Waals surface area contributed by atoms with Crippen LogP contribution in [0.25, 0.3) is 6.08 Å². The molecule has 7 nitrogen and oxygen atoms in total. The van der Waals surface area contributed by atoms with Gasteiger partial charge in [-0.05, 0) is 61.2 Å². The average Bonchev–Trinajstić information content (AvgIpc) is 3.13. The van der Waals surface area contributed by atoms with Gasteiger partial charge in [0.05, 0.1) is 4.90 Å². The largest absolute Gasteiger partial charge is 0.449 e. The summed E-state index contributed by atoms with van der Waals surface area (Å²) >= 11 is 0. The number of nitrogens with zero attached hydrogens (tertiary/aromatic N) is 1. The van der Waals surface area contributed by atoms with Crippen LogP contribution in [0.15, 0.2) is 59.5 Å². The predicted octanol–water partition coefficient (Wildman–Crippen LogP) is 3.65. The first kappa shape index (κ1) is 25.6. The first-order valence-corrected chi connectivity index (χ1v) is 12.7. The van der Waals surface area contributed by atoms with Gasteiger partial charge in [-0.1, -0.05) is 37.1 Å². The van der Waals surface area contributed by atoms with Crippen LogP contribution in [0.5, 0.6) is 0 Å². The molecule has 1 saturated heterocycles. The highest BCUT2D eigenvalue weighted by atomic mass is 32.2. The number of hydrogen-bond acceptors (Lipinski definition) is 5. The highest BCUT2D eigenvalue weighted by molar-refractivity contribution is 7.89. The fraction of sp³-hybridized carbons (Fsp3) is 0.360. The van der Waals surface area contributed by atoms with Gasteiger partial charge in [-0.25, -0.2) is 17.6 Å². The molecule has 0 aromatic heterocycles. The van der Waals surface area contributed by atoms with Crippen LogP contribution in [-0.2, 0) is 30.9 Å². The smallest absolute Gasteiger partial charge is 0.331 e. The van der Waals surface area contributed by atoms with E-state index in [-0.39, 0.29) is 17.3 Å². The molecule has 0 spiro atoms. The van der Waals surface area contributed by atoms with E-state index in [0.717, 1.165) is 31.2 Å². The van der Waals surface area contributed by atoms with Gasteiger partial charge in [0.1, 0.15) is 5.82 Å². The molecule has 0 saturated carbocycles. The lowest BCUT2D eigenvalue weighted by molar-refractivity contribution is -0.150. The highest BCUT2D eigenvalue weighted by Gasteiger charge is 2.24. The zero-order valence-corrected chi connectivity index (χ0v) is 19.9. The topological polar surface area (TPSA) is 92.8 Å². The molecule has 1 atom stereocenters. The quantitative estimate of drug-likeness (QED) is 0.452. The average molecular weight is 489 g/mol. The van der Waals surface area contributed by atoms with E-state index in [1.165, 1.54) is 47.6 Å². The van der Waals surface area contributed by atoms with Crippen LogP contribution in [0, 0.1) is 5.82 Å². The Bertz CT molecular complexity index is 1110. The number of sulfonamides is 1. The van der Waals surface area contributed by atoms with Gasteiger partial charge in [0, 0.05) is 25.7 Å². The summed E-state index contributed by atoms with van der Waals surface area (Å²) in [4.78, 5) is 24.4. The number of esters is 1. The Morgan fingerprint density at radius 3 is 2.26 bits per heavy atom. The van der Waals surface area contributed by atoms with Crippen molar-refractivity contribution in [1.82, 2.24) is 9.62 Å². The second kappa shape index (κ2) is 11.9. The molecule has 1 amide bonds. The second-order valence-corrected chi connectivity index (χ2v) is 10.1. The van der Waals surface area contributed by atoms with Crippen LogP contribution in [-0.4, -0.2) is 43.8 Å². The molecule has 1 aliphatic rings. The van der Waals surface area contributed by atoms with Gasteiger partial charge in [0.25, 0.3) is 5.91 Å². The Morgan fingerprint density at radius 1 is 1.03 bits per heavy atom. The van der Waals surface area contributed by atoms with Gasteiger partial charge in [0.15, 0.2) is 6.10 Å². The van der Waals surface area contributed by atoms with E-state index in [9.17, 15) is 22.4 Å². The minimum absolute atomic E-state index is 0.184. The predicted molar refractivity (Wildman–Crippen MR) is 127 cm³/mol. The number of carbonyl (C=O) groups excluding carboxylic acids is 2. The molecule has 1 unspecified atom stereocenters. The Hall–Kier alpha value is -3.04. The SMILES string of the molecule is CC(OC(=O)/C=C/c1ccc(S(=O)(=O)N2CCCCCC2)cc1)C(=O)NCc1ccc(F)cc1. The maximum atomic E-state index is 12.9. The minimum Gasteiger partial charge on any atom is -0.449 e. The monoisotopic (exact) mass is 488 g/mol. The lowest BCUT2D eigenvalue weighted by Crippen LogP contribution is -2.35. The zero-order valence-electron chi connectivity index (χ0n) is 19.1. The summed E-state index contributed by atoms with van der Waals surface area (Å²) in [5.74, 6) is -1.54. The van der Waals surface area contributed by atoms with Gasteiger partial charge in [0.2, 0.25) is 10.0 Å². The summed E-state index contributed by atoms with van der Waals surface area (Å²) in [6.45, 7) is 2.70. The van der Waals surface area contributed by atoms with Crippen molar-refractivity contribution in [3.8, 4) is 0 Å². The molecule has 0 aliphatic carbocycles. The molecule has 182 valence electrons. The maximum absolute atomic E-state index is 12.9. The molecular formula is C25H29FN2O5S. The van der Waals surface area contributed by atoms with Crippen molar-refractivity contribution in [3.63, 3.8) is 0 Å². The van der Waals surface area contributed by atoms with Gasteiger partial charge in [-0.3, -0.25) is 4.79 Å². The molecule has 1 heterocycles. The number of hydrogen-bond donors (Lipinski definition) is 1. The number of ether oxygens (including phenoxy) is 1. The Labute approximate surface area is 199 Å². The number of rotatable bonds is 8. The summed E-state index contributed by atoms with van der Waals surface area (Å²) in [6, 6.07) is 12.0. The lowest BCUT2D eigenvalue weighted by Gasteiger charge is -2.19. The summed E-state index contributed by atoms with van der Waals surface area (Å²) in [7, 11) is -3.53. The van der Waals surface area contributed by atoms with Crippen molar-refractivity contribution >= 4 is 28.0 Å². The van der Waals surface area contributed by atoms with Crippen LogP contribution >= 0.6 is 0 Å². The molecule has 0 bridgehead atoms. The maximum Gasteiger partial charge on any atom is 0.331 e. The Morgan fingerprint density at radius 2 is 1.65 bits per heavy atom. The van der Waals surface area contributed by atoms with Gasteiger partial charge >= 0.3 is 5.97 Å². The van der Waals surface area contributed by atoms with Crippen LogP contribution in [0.3, 0.4) is 0 Å². The van der Waals surface area contributed by atoms with Crippen LogP contribution in [0.4, 0.5) is 4.39 Å². The Kier molecular flexibility index (Phi) is 8.95. The molecule has 34 heavy (non-hydrogen) atoms. The first-order valence-electron chi connectivity index (χ1n) is 11.3. The van der Waals surface area contributed by atoms with E-state index in [0.29, 0.717) is 18.7 Å². The molecule has 0 radical (unpaired) electrons. The number of halogens is 1. The number of carbonyl (C=O) groups is 2. The van der Waals surface area contributed by atoms with E-state index < -0.39 is 28.0 Å². The second-order valence-electron chi connectivity index (χ2n) is 8.14. The molecule has 9 heteroatoms. The fourth-order valence-corrected chi connectivity index (χ4v) is 5.07. The van der Waals surface area contributed by atoms with Crippen molar-refractivity contribution in [3.05, 3.63) is 71.6 Å². The van der Waals surface area contributed by atoms with Crippen LogP contribution in [0.1, 0.15) is 43.7 Å². The third kappa shape index (κ3) is 7.23. The van der Waals surface area contributed by atoms with E-state index in [1.54, 1.807) is 24.3 Å². The van der Waals surface area contributed by atoms with Crippen molar-refractivity contribution in [2.75, 3.05) is 13.1 Å². The van der Waals surface area contributed by atoms with Crippen molar-refractivity contribution in [1.29, 1.82) is 0 Å². The summed E-state index contributed by atoms with van der Waals surface area (Å²) in [5, 5.41) is 2.62. The lowest BCUT2D eigenvalue weighted by atomic mass is 10.2. The molecule has 2 aromatic carbocycles. The molecule has 3 rings (SSSR count). The van der Waals surface area contributed by atoms with E-state index in [4.69, 9.17) is 4.74 Å². The third-order valence-electron chi connectivity index (χ3n) is 5.54. The molecular weight excluding hydrogens is 459 g/mol. The summed E-state index contributed by atoms with van der Waals surface area (Å²) in [6.07, 6.45) is 5.48. The molecule has 1 fully saturated rings. The number of nitrogens with one attached hydrogen (secondary N) is 1. The normalized spacial score (nSPS) is 16.1. The molecule has 1 aliphatic heterocycles. The molecule has 2 aromatic rings. The standard InChI is InChI=1S/C25H29FN2O5S/c1-19(25(30)27-18-21-6-11-22(26)12-7-21)33-24(29)15-10-20-8-13-23(14-9-20)34(31,32)28-16-4-2-3-5-17-28/h6-15,19H,2-5,16-18H2,1H3,(H,27,30)/b15-10+.